The number of fused-ring (bicyclic) bond motifs is 1. The molecule has 0 aliphatic carbocycles. The summed E-state index contributed by atoms with van der Waals surface area (Å²) in [5.41, 5.74) is 7.18. The molecule has 0 aliphatic rings. The second-order valence-electron chi connectivity index (χ2n) is 12.0. The van der Waals surface area contributed by atoms with Crippen molar-refractivity contribution in [2.24, 2.45) is 0 Å². The molecule has 7 heteroatoms. The zero-order valence-corrected chi connectivity index (χ0v) is 26.8. The number of carbonyl (C=O) groups is 1. The van der Waals surface area contributed by atoms with Crippen LogP contribution in [-0.4, -0.2) is 34.3 Å². The molecule has 5 aromatic rings. The van der Waals surface area contributed by atoms with Crippen LogP contribution >= 0.6 is 0 Å². The minimum Gasteiger partial charge on any atom is -0.384 e. The summed E-state index contributed by atoms with van der Waals surface area (Å²) in [5, 5.41) is 13.2. The van der Waals surface area contributed by atoms with Crippen molar-refractivity contribution in [3.8, 4) is 23.0 Å². The van der Waals surface area contributed by atoms with Gasteiger partial charge < -0.3 is 15.4 Å². The summed E-state index contributed by atoms with van der Waals surface area (Å²) in [6.07, 6.45) is 3.07. The van der Waals surface area contributed by atoms with Crippen molar-refractivity contribution in [3.63, 3.8) is 0 Å². The van der Waals surface area contributed by atoms with Crippen molar-refractivity contribution < 1.29 is 9.90 Å². The van der Waals surface area contributed by atoms with E-state index in [-0.39, 0.29) is 35.7 Å². The van der Waals surface area contributed by atoms with Crippen LogP contribution in [0.3, 0.4) is 0 Å². The quantitative estimate of drug-likeness (QED) is 0.148. The van der Waals surface area contributed by atoms with Gasteiger partial charge in [-0.2, -0.15) is 0 Å². The predicted molar refractivity (Wildman–Crippen MR) is 188 cm³/mol. The molecule has 0 atom stereocenters. The highest BCUT2D eigenvalue weighted by atomic mass is 16.2. The second-order valence-corrected chi connectivity index (χ2v) is 12.0. The summed E-state index contributed by atoms with van der Waals surface area (Å²) < 4.78 is 0. The molecule has 0 unspecified atom stereocenters. The predicted octanol–water partition coefficient (Wildman–Crippen LogP) is 7.85. The maximum absolute atomic E-state index is 14.3. The molecule has 2 amide bonds. The molecule has 0 aliphatic heterocycles. The third-order valence-electron chi connectivity index (χ3n) is 8.00. The number of pyridine rings is 2. The number of hydrogen-bond donors (Lipinski definition) is 3. The Bertz CT molecular complexity index is 1920. The molecule has 0 fully saturated rings. The van der Waals surface area contributed by atoms with Gasteiger partial charge in [-0.25, -0.2) is 9.78 Å². The Balaban J connectivity index is 1.54. The molecule has 46 heavy (non-hydrogen) atoms. The van der Waals surface area contributed by atoms with Crippen LogP contribution in [0.4, 0.5) is 16.2 Å². The third-order valence-corrected chi connectivity index (χ3v) is 8.00. The largest absolute Gasteiger partial charge is 0.384 e. The number of H-pyrrole nitrogens is 1. The van der Waals surface area contributed by atoms with Crippen molar-refractivity contribution in [2.45, 2.75) is 52.4 Å². The second kappa shape index (κ2) is 14.7. The highest BCUT2D eigenvalue weighted by Gasteiger charge is 2.24. The van der Waals surface area contributed by atoms with Crippen LogP contribution in [0.15, 0.2) is 95.9 Å². The van der Waals surface area contributed by atoms with Crippen molar-refractivity contribution in [1.82, 2.24) is 9.97 Å². The topological polar surface area (TPSA) is 98.3 Å². The van der Waals surface area contributed by atoms with Gasteiger partial charge in [-0.1, -0.05) is 82.0 Å². The van der Waals surface area contributed by atoms with Crippen LogP contribution in [0, 0.1) is 11.8 Å². The molecule has 3 N–H and O–H groups in total. The number of anilines is 2. The summed E-state index contributed by atoms with van der Waals surface area (Å²) in [4.78, 5) is 36.4. The number of aliphatic hydroxyl groups is 1. The first kappa shape index (κ1) is 32.2. The zero-order valence-electron chi connectivity index (χ0n) is 26.8. The standard InChI is InChI=1S/C39H40N4O3/c1-26(2)33-23-32(30-17-8-14-29(22-30)16-11-21-44)24-34(27(3)4)36(33)41-39(46)43(20-10-15-28-12-6-5-7-13-28)35-25-31-18-9-19-40-37(31)42-38(35)45/h5-9,12-14,17-19,22-27,44H,10,15,20-21H2,1-4H3,(H,41,46)(H,40,42,45). The SMILES string of the molecule is CC(C)c1cc(-c2cccc(C#CCO)c2)cc(C(C)C)c1NC(=O)N(CCCc1ccccc1)c1cc2cccnc2[nH]c1=O. The van der Waals surface area contributed by atoms with E-state index in [9.17, 15) is 9.59 Å². The number of benzene rings is 3. The molecule has 2 heterocycles. The van der Waals surface area contributed by atoms with E-state index in [0.717, 1.165) is 45.3 Å². The fourth-order valence-electron chi connectivity index (χ4n) is 5.64. The lowest BCUT2D eigenvalue weighted by molar-refractivity contribution is 0.256. The van der Waals surface area contributed by atoms with Gasteiger partial charge in [-0.3, -0.25) is 9.69 Å². The molecule has 234 valence electrons. The van der Waals surface area contributed by atoms with Gasteiger partial charge in [-0.15, -0.1) is 0 Å². The highest BCUT2D eigenvalue weighted by molar-refractivity contribution is 6.03. The molecular weight excluding hydrogens is 572 g/mol. The number of aromatic nitrogens is 2. The first-order chi connectivity index (χ1) is 22.2. The van der Waals surface area contributed by atoms with Gasteiger partial charge in [-0.05, 0) is 95.0 Å². The fraction of sp³-hybridized carbons (Fsp3) is 0.256. The molecule has 0 saturated heterocycles. The van der Waals surface area contributed by atoms with Crippen LogP contribution in [0.1, 0.15) is 68.2 Å². The molecule has 7 nitrogen and oxygen atoms in total. The normalized spacial score (nSPS) is 11.0. The first-order valence-electron chi connectivity index (χ1n) is 15.7. The van der Waals surface area contributed by atoms with Gasteiger partial charge >= 0.3 is 6.03 Å². The highest BCUT2D eigenvalue weighted by Crippen LogP contribution is 2.38. The molecule has 5 rings (SSSR count). The van der Waals surface area contributed by atoms with E-state index in [4.69, 9.17) is 5.11 Å². The van der Waals surface area contributed by atoms with Crippen molar-refractivity contribution in [3.05, 3.63) is 124 Å². The third kappa shape index (κ3) is 7.53. The van der Waals surface area contributed by atoms with E-state index in [1.807, 2.05) is 54.6 Å². The molecule has 0 radical (unpaired) electrons. The van der Waals surface area contributed by atoms with E-state index >= 15 is 0 Å². The number of aromatic amines is 1. The van der Waals surface area contributed by atoms with E-state index in [1.54, 1.807) is 17.2 Å². The van der Waals surface area contributed by atoms with Crippen LogP contribution in [0.2, 0.25) is 0 Å². The smallest absolute Gasteiger partial charge is 0.326 e. The summed E-state index contributed by atoms with van der Waals surface area (Å²) >= 11 is 0. The van der Waals surface area contributed by atoms with E-state index in [0.29, 0.717) is 18.6 Å². The summed E-state index contributed by atoms with van der Waals surface area (Å²) in [7, 11) is 0. The van der Waals surface area contributed by atoms with Crippen LogP contribution in [0.25, 0.3) is 22.2 Å². The molecule has 2 aromatic heterocycles. The molecule has 0 spiro atoms. The number of carbonyl (C=O) groups excluding carboxylic acids is 1. The summed E-state index contributed by atoms with van der Waals surface area (Å²) in [6, 6.07) is 27.4. The van der Waals surface area contributed by atoms with Gasteiger partial charge in [0, 0.05) is 29.4 Å². The fourth-order valence-corrected chi connectivity index (χ4v) is 5.64. The van der Waals surface area contributed by atoms with Crippen LogP contribution < -0.4 is 15.8 Å². The van der Waals surface area contributed by atoms with Gasteiger partial charge in [0.15, 0.2) is 0 Å². The number of hydrogen-bond acceptors (Lipinski definition) is 4. The molecule has 3 aromatic carbocycles. The maximum Gasteiger partial charge on any atom is 0.326 e. The Morgan fingerprint density at radius 3 is 2.35 bits per heavy atom. The lowest BCUT2D eigenvalue weighted by Crippen LogP contribution is -2.39. The monoisotopic (exact) mass is 612 g/mol. The average Bonchev–Trinajstić information content (AvgIpc) is 3.06. The van der Waals surface area contributed by atoms with Crippen molar-refractivity contribution in [2.75, 3.05) is 23.4 Å². The summed E-state index contributed by atoms with van der Waals surface area (Å²) in [6.45, 7) is 8.60. The van der Waals surface area contributed by atoms with E-state index in [1.165, 1.54) is 5.56 Å². The number of aliphatic hydroxyl groups excluding tert-OH is 1. The minimum atomic E-state index is -0.367. The van der Waals surface area contributed by atoms with Crippen molar-refractivity contribution >= 4 is 28.4 Å². The number of aryl methyl sites for hydroxylation is 1. The number of amides is 2. The Kier molecular flexibility index (Phi) is 10.3. The Morgan fingerprint density at radius 2 is 1.65 bits per heavy atom. The molecule has 0 bridgehead atoms. The Labute approximate surface area is 270 Å². The Hall–Kier alpha value is -5.19. The molecule has 0 saturated carbocycles. The van der Waals surface area contributed by atoms with E-state index < -0.39 is 0 Å². The van der Waals surface area contributed by atoms with E-state index in [2.05, 4.69) is 79.1 Å². The first-order valence-corrected chi connectivity index (χ1v) is 15.7. The van der Waals surface area contributed by atoms with Crippen LogP contribution in [0.5, 0.6) is 0 Å². The number of nitrogens with one attached hydrogen (secondary N) is 2. The average molecular weight is 613 g/mol. The zero-order chi connectivity index (χ0) is 32.6. The lowest BCUT2D eigenvalue weighted by Gasteiger charge is -2.27. The van der Waals surface area contributed by atoms with Crippen molar-refractivity contribution in [1.29, 1.82) is 0 Å². The number of urea groups is 1. The van der Waals surface area contributed by atoms with Gasteiger partial charge in [0.25, 0.3) is 5.56 Å². The molecular formula is C39H40N4O3. The van der Waals surface area contributed by atoms with Gasteiger partial charge in [0.2, 0.25) is 0 Å². The maximum atomic E-state index is 14.3. The summed E-state index contributed by atoms with van der Waals surface area (Å²) in [5.74, 6) is 5.92. The minimum absolute atomic E-state index is 0.104. The van der Waals surface area contributed by atoms with Crippen LogP contribution in [-0.2, 0) is 6.42 Å². The lowest BCUT2D eigenvalue weighted by atomic mass is 9.88. The van der Waals surface area contributed by atoms with Gasteiger partial charge in [0.05, 0.1) is 0 Å². The number of nitrogens with zero attached hydrogens (tertiary/aromatic N) is 2. The number of rotatable bonds is 9. The Morgan fingerprint density at radius 1 is 0.913 bits per heavy atom. The van der Waals surface area contributed by atoms with Gasteiger partial charge in [0.1, 0.15) is 17.9 Å².